The van der Waals surface area contributed by atoms with E-state index in [4.69, 9.17) is 9.53 Å². The Morgan fingerprint density at radius 2 is 1.88 bits per heavy atom. The molecule has 3 aliphatic rings. The van der Waals surface area contributed by atoms with E-state index in [1.54, 1.807) is 24.3 Å². The fourth-order valence-corrected chi connectivity index (χ4v) is 4.49. The number of carbonyl (C=O) groups excluding carboxylic acids is 5. The molecule has 1 aromatic rings. The van der Waals surface area contributed by atoms with Crippen LogP contribution in [0.25, 0.3) is 0 Å². The Morgan fingerprint density at radius 3 is 2.55 bits per heavy atom. The molecule has 3 aliphatic heterocycles. The van der Waals surface area contributed by atoms with Gasteiger partial charge in [-0.2, -0.15) is 0 Å². The lowest BCUT2D eigenvalue weighted by Gasteiger charge is -2.44. The maximum absolute atomic E-state index is 13.4. The molecule has 0 saturated carbocycles. The Labute approximate surface area is 192 Å². The maximum atomic E-state index is 13.4. The van der Waals surface area contributed by atoms with Crippen LogP contribution in [0.1, 0.15) is 49.4 Å². The normalized spacial score (nSPS) is 27.1. The molecule has 1 unspecified atom stereocenters. The smallest absolute Gasteiger partial charge is 0.307 e. The van der Waals surface area contributed by atoms with E-state index in [9.17, 15) is 19.2 Å². The number of nitrogens with zero attached hydrogens (tertiary/aromatic N) is 2. The third-order valence-electron chi connectivity index (χ3n) is 6.20. The molecule has 3 saturated heterocycles. The van der Waals surface area contributed by atoms with Gasteiger partial charge in [0.1, 0.15) is 18.9 Å². The van der Waals surface area contributed by atoms with Crippen LogP contribution < -0.4 is 10.6 Å². The molecule has 3 fully saturated rings. The summed E-state index contributed by atoms with van der Waals surface area (Å²) in [5, 5.41) is 9.22. The molecule has 3 heterocycles. The lowest BCUT2D eigenvalue weighted by molar-refractivity contribution is -0.172. The Kier molecular flexibility index (Phi) is 8.16. The van der Waals surface area contributed by atoms with Crippen molar-refractivity contribution in [3.8, 4) is 0 Å². The highest BCUT2D eigenvalue weighted by Gasteiger charge is 2.42. The summed E-state index contributed by atoms with van der Waals surface area (Å²) in [7, 11) is 0. The molecule has 1 aromatic carbocycles. The Bertz CT molecular complexity index is 879. The molecule has 0 radical (unpaired) electrons. The highest BCUT2D eigenvalue weighted by molar-refractivity contribution is 5.98. The van der Waals surface area contributed by atoms with Crippen molar-refractivity contribution >= 4 is 30.5 Å². The third kappa shape index (κ3) is 5.57. The summed E-state index contributed by atoms with van der Waals surface area (Å²) in [5.74, 6) is -0.947. The van der Waals surface area contributed by atoms with Gasteiger partial charge in [0.05, 0.1) is 18.5 Å². The minimum atomic E-state index is -0.766. The van der Waals surface area contributed by atoms with Crippen LogP contribution in [0.15, 0.2) is 30.3 Å². The van der Waals surface area contributed by atoms with Crippen molar-refractivity contribution in [2.75, 3.05) is 13.1 Å². The van der Waals surface area contributed by atoms with E-state index < -0.39 is 6.04 Å². The van der Waals surface area contributed by atoms with Crippen LogP contribution >= 0.6 is 0 Å². The van der Waals surface area contributed by atoms with Gasteiger partial charge in [-0.3, -0.25) is 24.2 Å². The summed E-state index contributed by atoms with van der Waals surface area (Å²) in [5.41, 5.74) is 0.472. The molecule has 4 rings (SSSR count). The number of carbonyl (C=O) groups is 5. The van der Waals surface area contributed by atoms with Gasteiger partial charge in [0, 0.05) is 25.1 Å². The summed E-state index contributed by atoms with van der Waals surface area (Å²) in [6, 6.07) is 7.61. The topological polar surface area (TPSA) is 125 Å². The number of hydrazine groups is 1. The number of hydrogen-bond donors (Lipinski definition) is 2. The number of nitrogens with one attached hydrogen (secondary N) is 2. The van der Waals surface area contributed by atoms with Gasteiger partial charge < -0.3 is 20.2 Å². The lowest BCUT2D eigenvalue weighted by Crippen LogP contribution is -2.62. The number of cyclic esters (lactones) is 1. The SMILES string of the molecule is C=O.CC1OC(=O)C[C@@H]1NC[C@@H]1CCCN2C(=O)CC[C@H](NC(=O)c3ccccc3)C(=O)N12. The first-order valence-corrected chi connectivity index (χ1v) is 11.1. The summed E-state index contributed by atoms with van der Waals surface area (Å²) in [4.78, 5) is 58.3. The Morgan fingerprint density at radius 1 is 1.15 bits per heavy atom. The number of esters is 1. The first kappa shape index (κ1) is 24.4. The van der Waals surface area contributed by atoms with Gasteiger partial charge in [0.2, 0.25) is 5.91 Å². The van der Waals surface area contributed by atoms with Crippen molar-refractivity contribution in [1.29, 1.82) is 0 Å². The van der Waals surface area contributed by atoms with Gasteiger partial charge in [-0.05, 0) is 38.3 Å². The average molecular weight is 459 g/mol. The number of ether oxygens (including phenoxy) is 1. The summed E-state index contributed by atoms with van der Waals surface area (Å²) < 4.78 is 5.19. The zero-order valence-corrected chi connectivity index (χ0v) is 18.7. The minimum absolute atomic E-state index is 0.109. The highest BCUT2D eigenvalue weighted by atomic mass is 16.6. The van der Waals surface area contributed by atoms with Gasteiger partial charge in [0.25, 0.3) is 11.8 Å². The predicted molar refractivity (Wildman–Crippen MR) is 118 cm³/mol. The molecule has 0 aromatic heterocycles. The Balaban J connectivity index is 0.00000149. The molecule has 3 amide bonds. The summed E-state index contributed by atoms with van der Waals surface area (Å²) in [6.07, 6.45) is 2.05. The van der Waals surface area contributed by atoms with Gasteiger partial charge in [-0.1, -0.05) is 18.2 Å². The van der Waals surface area contributed by atoms with Crippen LogP contribution in [0.4, 0.5) is 0 Å². The van der Waals surface area contributed by atoms with Crippen LogP contribution in [0.2, 0.25) is 0 Å². The van der Waals surface area contributed by atoms with E-state index in [0.29, 0.717) is 25.1 Å². The molecule has 0 aliphatic carbocycles. The van der Waals surface area contributed by atoms with Crippen LogP contribution in [-0.2, 0) is 23.9 Å². The molecule has 4 atom stereocenters. The highest BCUT2D eigenvalue weighted by Crippen LogP contribution is 2.25. The van der Waals surface area contributed by atoms with Crippen molar-refractivity contribution in [1.82, 2.24) is 20.7 Å². The zero-order chi connectivity index (χ0) is 24.0. The van der Waals surface area contributed by atoms with E-state index >= 15 is 0 Å². The van der Waals surface area contributed by atoms with Crippen molar-refractivity contribution in [3.05, 3.63) is 35.9 Å². The molecule has 2 N–H and O–H groups in total. The second-order valence-electron chi connectivity index (χ2n) is 8.34. The van der Waals surface area contributed by atoms with E-state index in [0.717, 1.165) is 12.8 Å². The monoisotopic (exact) mass is 458 g/mol. The number of fused-ring (bicyclic) bond motifs is 1. The van der Waals surface area contributed by atoms with E-state index in [-0.39, 0.29) is 54.7 Å². The maximum Gasteiger partial charge on any atom is 0.307 e. The molecule has 178 valence electrons. The number of benzene rings is 1. The molecule has 0 spiro atoms. The minimum Gasteiger partial charge on any atom is -0.461 e. The molecule has 10 nitrogen and oxygen atoms in total. The summed E-state index contributed by atoms with van der Waals surface area (Å²) in [6.45, 7) is 4.77. The first-order chi connectivity index (χ1) is 15.9. The summed E-state index contributed by atoms with van der Waals surface area (Å²) >= 11 is 0. The predicted octanol–water partition coefficient (Wildman–Crippen LogP) is 0.422. The first-order valence-electron chi connectivity index (χ1n) is 11.1. The van der Waals surface area contributed by atoms with Crippen LogP contribution in [0.5, 0.6) is 0 Å². The van der Waals surface area contributed by atoms with Crippen molar-refractivity contribution in [2.45, 2.75) is 63.3 Å². The zero-order valence-electron chi connectivity index (χ0n) is 18.7. The van der Waals surface area contributed by atoms with Crippen molar-refractivity contribution in [3.63, 3.8) is 0 Å². The third-order valence-corrected chi connectivity index (χ3v) is 6.20. The van der Waals surface area contributed by atoms with Gasteiger partial charge >= 0.3 is 5.97 Å². The second-order valence-corrected chi connectivity index (χ2v) is 8.34. The quantitative estimate of drug-likeness (QED) is 0.613. The Hall–Kier alpha value is -3.27. The number of hydrogen-bond acceptors (Lipinski definition) is 7. The molecule has 33 heavy (non-hydrogen) atoms. The average Bonchev–Trinajstić information content (AvgIpc) is 3.11. The fraction of sp³-hybridized carbons (Fsp3) is 0.522. The van der Waals surface area contributed by atoms with Gasteiger partial charge in [-0.25, -0.2) is 5.01 Å². The molecular formula is C23H30N4O6. The van der Waals surface area contributed by atoms with E-state index in [1.165, 1.54) is 10.0 Å². The van der Waals surface area contributed by atoms with Gasteiger partial charge in [-0.15, -0.1) is 0 Å². The van der Waals surface area contributed by atoms with Crippen LogP contribution in [0.3, 0.4) is 0 Å². The molecular weight excluding hydrogens is 428 g/mol. The lowest BCUT2D eigenvalue weighted by atomic mass is 10.0. The van der Waals surface area contributed by atoms with Crippen LogP contribution in [0, 0.1) is 0 Å². The van der Waals surface area contributed by atoms with Crippen molar-refractivity contribution in [2.24, 2.45) is 0 Å². The van der Waals surface area contributed by atoms with E-state index in [2.05, 4.69) is 10.6 Å². The molecule has 10 heteroatoms. The second kappa shape index (κ2) is 11.0. The van der Waals surface area contributed by atoms with E-state index in [1.807, 2.05) is 19.8 Å². The number of amides is 3. The fourth-order valence-electron chi connectivity index (χ4n) is 4.49. The van der Waals surface area contributed by atoms with Crippen molar-refractivity contribution < 1.29 is 28.7 Å². The largest absolute Gasteiger partial charge is 0.461 e. The van der Waals surface area contributed by atoms with Crippen LogP contribution in [-0.4, -0.2) is 77.8 Å². The number of rotatable bonds is 5. The van der Waals surface area contributed by atoms with Gasteiger partial charge in [0.15, 0.2) is 0 Å². The standard InChI is InChI=1S/C22H28N4O5.CH2O/c1-14-18(12-20(28)31-14)23-13-16-8-5-11-25-19(27)10-9-17(22(30)26(16)25)24-21(29)15-6-3-2-4-7-15;1-2/h2-4,6-7,14,16-18,23H,5,8-13H2,1H3,(H,24,29);1H2/t14?,16-,17-,18-;/m0./s1. The molecule has 0 bridgehead atoms.